The maximum atomic E-state index is 12.1. The number of aryl methyl sites for hydroxylation is 1. The molecule has 0 atom stereocenters. The first-order chi connectivity index (χ1) is 14.5. The third-order valence-electron chi connectivity index (χ3n) is 5.29. The van der Waals surface area contributed by atoms with Gasteiger partial charge in [0.05, 0.1) is 18.8 Å². The quantitative estimate of drug-likeness (QED) is 0.378. The molecule has 1 fully saturated rings. The minimum atomic E-state index is -0.449. The number of ether oxygens (including phenoxy) is 2. The first-order valence-electron chi connectivity index (χ1n) is 10.3. The summed E-state index contributed by atoms with van der Waals surface area (Å²) >= 11 is 0. The zero-order valence-electron chi connectivity index (χ0n) is 18.0. The first kappa shape index (κ1) is 22.0. The highest BCUT2D eigenvalue weighted by molar-refractivity contribution is 6.06. The van der Waals surface area contributed by atoms with Crippen molar-refractivity contribution in [3.63, 3.8) is 0 Å². The molecule has 0 unspecified atom stereocenters. The first-order valence-corrected chi connectivity index (χ1v) is 10.3. The molecule has 0 aromatic heterocycles. The van der Waals surface area contributed by atoms with Gasteiger partial charge in [-0.25, -0.2) is 4.79 Å². The van der Waals surface area contributed by atoms with Crippen molar-refractivity contribution in [1.29, 1.82) is 0 Å². The van der Waals surface area contributed by atoms with Gasteiger partial charge in [-0.1, -0.05) is 65.3 Å². The minimum absolute atomic E-state index is 0.219. The zero-order chi connectivity index (χ0) is 21.4. The highest BCUT2D eigenvalue weighted by Crippen LogP contribution is 2.23. The summed E-state index contributed by atoms with van der Waals surface area (Å²) < 4.78 is 10.8. The van der Waals surface area contributed by atoms with Crippen molar-refractivity contribution < 1.29 is 19.1 Å². The summed E-state index contributed by atoms with van der Waals surface area (Å²) in [5.74, 6) is -0.449. The predicted molar refractivity (Wildman–Crippen MR) is 116 cm³/mol. The Labute approximate surface area is 178 Å². The molecule has 1 aliphatic heterocycles. The molecule has 0 radical (unpaired) electrons. The summed E-state index contributed by atoms with van der Waals surface area (Å²) in [6.07, 6.45) is 0. The molecule has 0 N–H and O–H groups in total. The average molecular weight is 411 g/mol. The van der Waals surface area contributed by atoms with Crippen LogP contribution in [0.1, 0.15) is 30.5 Å². The van der Waals surface area contributed by atoms with E-state index in [2.05, 4.69) is 23.9 Å². The van der Waals surface area contributed by atoms with Crippen molar-refractivity contribution in [3.8, 4) is 0 Å². The molecule has 0 aliphatic carbocycles. The van der Waals surface area contributed by atoms with Crippen LogP contribution in [-0.2, 0) is 25.7 Å². The number of morpholine rings is 1. The molecular weight excluding hydrogens is 380 g/mol. The monoisotopic (exact) mass is 410 g/mol. The Hall–Kier alpha value is -2.70. The van der Waals surface area contributed by atoms with Crippen molar-refractivity contribution in [1.82, 2.24) is 4.90 Å². The maximum Gasteiger partial charge on any atom is 0.347 e. The van der Waals surface area contributed by atoms with Gasteiger partial charge in [0.25, 0.3) is 0 Å². The van der Waals surface area contributed by atoms with Crippen LogP contribution in [0.2, 0.25) is 0 Å². The van der Waals surface area contributed by atoms with Gasteiger partial charge >= 0.3 is 5.97 Å². The van der Waals surface area contributed by atoms with Crippen LogP contribution in [0, 0.1) is 6.92 Å². The van der Waals surface area contributed by atoms with Gasteiger partial charge in [0.15, 0.2) is 0 Å². The van der Waals surface area contributed by atoms with Gasteiger partial charge in [0.2, 0.25) is 6.61 Å². The van der Waals surface area contributed by atoms with Gasteiger partial charge in [-0.05, 0) is 26.3 Å². The summed E-state index contributed by atoms with van der Waals surface area (Å²) in [6, 6.07) is 17.7. The number of carbonyl (C=O) groups excluding carboxylic acids is 1. The smallest absolute Gasteiger partial charge is 0.347 e. The second kappa shape index (κ2) is 10.4. The van der Waals surface area contributed by atoms with E-state index in [9.17, 15) is 4.79 Å². The Balaban J connectivity index is 1.68. The fraction of sp³-hybridized carbons (Fsp3) is 0.417. The normalized spacial score (nSPS) is 15.6. The van der Waals surface area contributed by atoms with E-state index in [-0.39, 0.29) is 18.8 Å². The molecule has 1 aliphatic rings. The summed E-state index contributed by atoms with van der Waals surface area (Å²) in [5, 5.41) is 4.40. The fourth-order valence-electron chi connectivity index (χ4n) is 3.43. The molecule has 160 valence electrons. The van der Waals surface area contributed by atoms with Crippen molar-refractivity contribution in [2.75, 3.05) is 32.9 Å². The molecule has 6 nitrogen and oxygen atoms in total. The summed E-state index contributed by atoms with van der Waals surface area (Å²) in [4.78, 5) is 19.9. The van der Waals surface area contributed by atoms with Crippen LogP contribution >= 0.6 is 0 Å². The number of rotatable bonds is 8. The molecule has 0 saturated carbocycles. The van der Waals surface area contributed by atoms with E-state index in [0.29, 0.717) is 13.2 Å². The average Bonchev–Trinajstić information content (AvgIpc) is 2.77. The lowest BCUT2D eigenvalue weighted by Crippen LogP contribution is -2.54. The fourth-order valence-corrected chi connectivity index (χ4v) is 3.43. The van der Waals surface area contributed by atoms with Gasteiger partial charge in [-0.2, -0.15) is 0 Å². The molecule has 6 heteroatoms. The minimum Gasteiger partial charge on any atom is -0.458 e. The number of hydrogen-bond acceptors (Lipinski definition) is 6. The predicted octanol–water partition coefficient (Wildman–Crippen LogP) is 3.57. The van der Waals surface area contributed by atoms with E-state index in [0.717, 1.165) is 29.9 Å². The van der Waals surface area contributed by atoms with E-state index in [1.54, 1.807) is 0 Å². The standard InChI is InChI=1S/C24H30N2O4/c1-19-9-11-21(12-10-19)23(24(2,3)26-13-15-28-16-14-26)25-30-18-22(27)29-17-20-7-5-4-6-8-20/h4-12H,13-18H2,1-3H3/b25-23+. The summed E-state index contributed by atoms with van der Waals surface area (Å²) in [7, 11) is 0. The second-order valence-corrected chi connectivity index (χ2v) is 7.88. The lowest BCUT2D eigenvalue weighted by Gasteiger charge is -2.41. The van der Waals surface area contributed by atoms with Crippen molar-refractivity contribution in [3.05, 3.63) is 71.3 Å². The molecule has 2 aromatic carbocycles. The van der Waals surface area contributed by atoms with E-state index < -0.39 is 5.97 Å². The Morgan fingerprint density at radius 1 is 1.07 bits per heavy atom. The lowest BCUT2D eigenvalue weighted by atomic mass is 9.89. The number of carbonyl (C=O) groups is 1. The van der Waals surface area contributed by atoms with Gasteiger partial charge in [-0.3, -0.25) is 4.90 Å². The van der Waals surface area contributed by atoms with E-state index in [1.807, 2.05) is 61.5 Å². The number of benzene rings is 2. The number of oxime groups is 1. The third kappa shape index (κ3) is 5.90. The molecular formula is C24H30N2O4. The SMILES string of the molecule is Cc1ccc(/C(=N\OCC(=O)OCc2ccccc2)C(C)(C)N2CCOCC2)cc1. The number of esters is 1. The van der Waals surface area contributed by atoms with E-state index in [1.165, 1.54) is 5.56 Å². The van der Waals surface area contributed by atoms with E-state index in [4.69, 9.17) is 14.3 Å². The van der Waals surface area contributed by atoms with Crippen molar-refractivity contribution in [2.24, 2.45) is 5.16 Å². The van der Waals surface area contributed by atoms with Crippen LogP contribution < -0.4 is 0 Å². The zero-order valence-corrected chi connectivity index (χ0v) is 18.0. The Bertz CT molecular complexity index is 841. The van der Waals surface area contributed by atoms with Crippen molar-refractivity contribution in [2.45, 2.75) is 32.9 Å². The lowest BCUT2D eigenvalue weighted by molar-refractivity contribution is -0.150. The third-order valence-corrected chi connectivity index (χ3v) is 5.29. The molecule has 3 rings (SSSR count). The highest BCUT2D eigenvalue weighted by atomic mass is 16.7. The topological polar surface area (TPSA) is 60.4 Å². The molecule has 0 spiro atoms. The van der Waals surface area contributed by atoms with Crippen LogP contribution in [0.3, 0.4) is 0 Å². The second-order valence-electron chi connectivity index (χ2n) is 7.88. The Morgan fingerprint density at radius 3 is 2.40 bits per heavy atom. The van der Waals surface area contributed by atoms with Crippen LogP contribution in [0.15, 0.2) is 59.8 Å². The number of nitrogens with zero attached hydrogens (tertiary/aromatic N) is 2. The number of hydrogen-bond donors (Lipinski definition) is 0. The van der Waals surface area contributed by atoms with Gasteiger partial charge < -0.3 is 14.3 Å². The van der Waals surface area contributed by atoms with Gasteiger partial charge in [-0.15, -0.1) is 0 Å². The molecule has 1 saturated heterocycles. The van der Waals surface area contributed by atoms with Gasteiger partial charge in [0.1, 0.15) is 12.3 Å². The van der Waals surface area contributed by atoms with Crippen LogP contribution in [0.25, 0.3) is 0 Å². The van der Waals surface area contributed by atoms with Gasteiger partial charge in [0, 0.05) is 18.7 Å². The molecule has 1 heterocycles. The van der Waals surface area contributed by atoms with Crippen LogP contribution in [-0.4, -0.2) is 55.0 Å². The molecule has 0 bridgehead atoms. The highest BCUT2D eigenvalue weighted by Gasteiger charge is 2.35. The van der Waals surface area contributed by atoms with Crippen molar-refractivity contribution >= 4 is 11.7 Å². The molecule has 30 heavy (non-hydrogen) atoms. The Kier molecular flexibility index (Phi) is 7.60. The molecule has 0 amide bonds. The maximum absolute atomic E-state index is 12.1. The summed E-state index contributed by atoms with van der Waals surface area (Å²) in [5.41, 5.74) is 3.47. The molecule has 2 aromatic rings. The summed E-state index contributed by atoms with van der Waals surface area (Å²) in [6.45, 7) is 9.29. The van der Waals surface area contributed by atoms with Crippen LogP contribution in [0.5, 0.6) is 0 Å². The van der Waals surface area contributed by atoms with E-state index >= 15 is 0 Å². The van der Waals surface area contributed by atoms with Crippen LogP contribution in [0.4, 0.5) is 0 Å². The largest absolute Gasteiger partial charge is 0.458 e. The Morgan fingerprint density at radius 2 is 1.73 bits per heavy atom.